The van der Waals surface area contributed by atoms with Gasteiger partial charge in [-0.15, -0.1) is 0 Å². The Kier molecular flexibility index (Phi) is 2.75. The first kappa shape index (κ1) is 8.90. The summed E-state index contributed by atoms with van der Waals surface area (Å²) in [7, 11) is 0. The molecule has 0 aromatic carbocycles. The fraction of sp³-hybridized carbons (Fsp3) is 0.500. The van der Waals surface area contributed by atoms with Gasteiger partial charge in [0.15, 0.2) is 11.0 Å². The van der Waals surface area contributed by atoms with E-state index in [-0.39, 0.29) is 5.82 Å². The Labute approximate surface area is 80.2 Å². The molecule has 0 spiro atoms. The minimum absolute atomic E-state index is 0.381. The van der Waals surface area contributed by atoms with Crippen LogP contribution in [0, 0.1) is 5.82 Å². The Balaban J connectivity index is 1.97. The van der Waals surface area contributed by atoms with Gasteiger partial charge in [-0.25, -0.2) is 14.4 Å². The lowest BCUT2D eigenvalue weighted by Gasteiger charge is -2.04. The SMILES string of the molecule is Fc1cnc(SC2CCNC2)nc1. The van der Waals surface area contributed by atoms with E-state index in [9.17, 15) is 4.39 Å². The third-order valence-corrected chi connectivity index (χ3v) is 3.04. The van der Waals surface area contributed by atoms with Crippen LogP contribution in [0.2, 0.25) is 0 Å². The highest BCUT2D eigenvalue weighted by molar-refractivity contribution is 7.99. The second-order valence-corrected chi connectivity index (χ2v) is 4.18. The molecule has 1 aliphatic rings. The van der Waals surface area contributed by atoms with Crippen molar-refractivity contribution in [2.45, 2.75) is 16.8 Å². The molecular weight excluding hydrogens is 189 g/mol. The van der Waals surface area contributed by atoms with Crippen LogP contribution in [0.3, 0.4) is 0 Å². The van der Waals surface area contributed by atoms with Gasteiger partial charge in [0.25, 0.3) is 0 Å². The lowest BCUT2D eigenvalue weighted by molar-refractivity contribution is 0.605. The van der Waals surface area contributed by atoms with E-state index in [4.69, 9.17) is 0 Å². The molecule has 2 heterocycles. The highest BCUT2D eigenvalue weighted by atomic mass is 32.2. The highest BCUT2D eigenvalue weighted by Gasteiger charge is 2.16. The summed E-state index contributed by atoms with van der Waals surface area (Å²) in [6.07, 6.45) is 3.54. The molecule has 0 saturated carbocycles. The summed E-state index contributed by atoms with van der Waals surface area (Å²) in [6, 6.07) is 0. The van der Waals surface area contributed by atoms with Crippen LogP contribution in [-0.2, 0) is 0 Å². The first-order chi connectivity index (χ1) is 6.34. The third-order valence-electron chi connectivity index (χ3n) is 1.88. The molecule has 3 nitrogen and oxygen atoms in total. The van der Waals surface area contributed by atoms with Gasteiger partial charge in [-0.3, -0.25) is 0 Å². The van der Waals surface area contributed by atoms with Crippen molar-refractivity contribution in [3.63, 3.8) is 0 Å². The fourth-order valence-corrected chi connectivity index (χ4v) is 2.20. The van der Waals surface area contributed by atoms with Crippen molar-refractivity contribution in [2.24, 2.45) is 0 Å². The first-order valence-electron chi connectivity index (χ1n) is 4.19. The van der Waals surface area contributed by atoms with Crippen LogP contribution < -0.4 is 5.32 Å². The number of nitrogens with zero attached hydrogens (tertiary/aromatic N) is 2. The molecule has 0 aliphatic carbocycles. The zero-order chi connectivity index (χ0) is 9.10. The molecule has 5 heteroatoms. The Morgan fingerprint density at radius 2 is 2.23 bits per heavy atom. The molecule has 2 rings (SSSR count). The Morgan fingerprint density at radius 1 is 1.46 bits per heavy atom. The number of halogens is 1. The van der Waals surface area contributed by atoms with Crippen molar-refractivity contribution >= 4 is 11.8 Å². The second-order valence-electron chi connectivity index (χ2n) is 2.92. The van der Waals surface area contributed by atoms with Gasteiger partial charge in [-0.1, -0.05) is 11.8 Å². The van der Waals surface area contributed by atoms with Crippen molar-refractivity contribution in [3.05, 3.63) is 18.2 Å². The van der Waals surface area contributed by atoms with E-state index < -0.39 is 0 Å². The van der Waals surface area contributed by atoms with E-state index in [1.54, 1.807) is 11.8 Å². The average Bonchev–Trinajstić information content (AvgIpc) is 2.62. The van der Waals surface area contributed by atoms with Gasteiger partial charge >= 0.3 is 0 Å². The number of thioether (sulfide) groups is 1. The maximum atomic E-state index is 12.5. The largest absolute Gasteiger partial charge is 0.316 e. The third kappa shape index (κ3) is 2.38. The molecule has 1 atom stereocenters. The van der Waals surface area contributed by atoms with Crippen LogP contribution in [0.5, 0.6) is 0 Å². The molecule has 1 aliphatic heterocycles. The van der Waals surface area contributed by atoms with Crippen molar-refractivity contribution in [3.8, 4) is 0 Å². The molecule has 1 unspecified atom stereocenters. The molecule has 0 amide bonds. The van der Waals surface area contributed by atoms with Crippen LogP contribution in [0.1, 0.15) is 6.42 Å². The summed E-state index contributed by atoms with van der Waals surface area (Å²) in [6.45, 7) is 2.05. The standard InChI is InChI=1S/C8H10FN3S/c9-6-3-11-8(12-4-6)13-7-1-2-10-5-7/h3-4,7,10H,1-2,5H2. The van der Waals surface area contributed by atoms with E-state index in [2.05, 4.69) is 15.3 Å². The summed E-state index contributed by atoms with van der Waals surface area (Å²) >= 11 is 1.61. The van der Waals surface area contributed by atoms with Crippen LogP contribution in [0.4, 0.5) is 4.39 Å². The number of rotatable bonds is 2. The minimum atomic E-state index is -0.381. The molecule has 0 bridgehead atoms. The lowest BCUT2D eigenvalue weighted by atomic mass is 10.4. The molecule has 1 aromatic heterocycles. The zero-order valence-electron chi connectivity index (χ0n) is 7.03. The topological polar surface area (TPSA) is 37.8 Å². The molecule has 0 radical (unpaired) electrons. The van der Waals surface area contributed by atoms with Crippen molar-refractivity contribution < 1.29 is 4.39 Å². The summed E-state index contributed by atoms with van der Waals surface area (Å²) in [5.74, 6) is -0.381. The van der Waals surface area contributed by atoms with E-state index in [1.807, 2.05) is 0 Å². The normalized spacial score (nSPS) is 22.1. The molecule has 1 fully saturated rings. The lowest BCUT2D eigenvalue weighted by Crippen LogP contribution is -2.10. The fourth-order valence-electron chi connectivity index (χ4n) is 1.24. The van der Waals surface area contributed by atoms with Crippen molar-refractivity contribution in [2.75, 3.05) is 13.1 Å². The number of aromatic nitrogens is 2. The van der Waals surface area contributed by atoms with Gasteiger partial charge in [-0.2, -0.15) is 0 Å². The monoisotopic (exact) mass is 199 g/mol. The molecule has 1 N–H and O–H groups in total. The Hall–Kier alpha value is -0.680. The van der Waals surface area contributed by atoms with Gasteiger partial charge in [0, 0.05) is 11.8 Å². The first-order valence-corrected chi connectivity index (χ1v) is 5.07. The molecule has 1 saturated heterocycles. The van der Waals surface area contributed by atoms with Crippen molar-refractivity contribution in [1.82, 2.24) is 15.3 Å². The van der Waals surface area contributed by atoms with Crippen LogP contribution in [-0.4, -0.2) is 28.3 Å². The van der Waals surface area contributed by atoms with Gasteiger partial charge < -0.3 is 5.32 Å². The number of hydrogen-bond acceptors (Lipinski definition) is 4. The molecular formula is C8H10FN3S. The van der Waals surface area contributed by atoms with Crippen LogP contribution >= 0.6 is 11.8 Å². The van der Waals surface area contributed by atoms with E-state index >= 15 is 0 Å². The maximum Gasteiger partial charge on any atom is 0.187 e. The average molecular weight is 199 g/mol. The Bertz CT molecular complexity index is 271. The summed E-state index contributed by atoms with van der Waals surface area (Å²) in [5, 5.41) is 4.45. The van der Waals surface area contributed by atoms with E-state index in [0.717, 1.165) is 19.5 Å². The predicted octanol–water partition coefficient (Wildman–Crippen LogP) is 1.07. The minimum Gasteiger partial charge on any atom is -0.316 e. The number of hydrogen-bond donors (Lipinski definition) is 1. The predicted molar refractivity (Wildman–Crippen MR) is 49.1 cm³/mol. The maximum absolute atomic E-state index is 12.5. The number of nitrogens with one attached hydrogen (secondary N) is 1. The van der Waals surface area contributed by atoms with Crippen molar-refractivity contribution in [1.29, 1.82) is 0 Å². The van der Waals surface area contributed by atoms with E-state index in [0.29, 0.717) is 10.4 Å². The quantitative estimate of drug-likeness (QED) is 0.723. The zero-order valence-corrected chi connectivity index (χ0v) is 7.85. The second kappa shape index (κ2) is 4.02. The molecule has 70 valence electrons. The van der Waals surface area contributed by atoms with Gasteiger partial charge in [0.1, 0.15) is 0 Å². The molecule has 1 aromatic rings. The van der Waals surface area contributed by atoms with Gasteiger partial charge in [0.05, 0.1) is 12.4 Å². The van der Waals surface area contributed by atoms with Crippen LogP contribution in [0.25, 0.3) is 0 Å². The van der Waals surface area contributed by atoms with Crippen LogP contribution in [0.15, 0.2) is 17.6 Å². The van der Waals surface area contributed by atoms with Gasteiger partial charge in [-0.05, 0) is 13.0 Å². The van der Waals surface area contributed by atoms with E-state index in [1.165, 1.54) is 12.4 Å². The summed E-state index contributed by atoms with van der Waals surface area (Å²) in [5.41, 5.74) is 0. The summed E-state index contributed by atoms with van der Waals surface area (Å²) < 4.78 is 12.5. The summed E-state index contributed by atoms with van der Waals surface area (Å²) in [4.78, 5) is 7.78. The Morgan fingerprint density at radius 3 is 2.85 bits per heavy atom. The molecule has 13 heavy (non-hydrogen) atoms. The smallest absolute Gasteiger partial charge is 0.187 e. The highest BCUT2D eigenvalue weighted by Crippen LogP contribution is 2.23. The van der Waals surface area contributed by atoms with Gasteiger partial charge in [0.2, 0.25) is 0 Å².